The molecule has 24 heavy (non-hydrogen) atoms. The summed E-state index contributed by atoms with van der Waals surface area (Å²) in [4.78, 5) is 15.5. The van der Waals surface area contributed by atoms with Crippen molar-refractivity contribution in [2.75, 3.05) is 50.8 Å². The number of hydrogen-bond donors (Lipinski definition) is 0. The van der Waals surface area contributed by atoms with E-state index in [-0.39, 0.29) is 10.6 Å². The van der Waals surface area contributed by atoms with Gasteiger partial charge in [0, 0.05) is 38.8 Å². The minimum Gasteiger partial charge on any atom is -0.379 e. The Morgan fingerprint density at radius 2 is 2.12 bits per heavy atom. The number of nitrogens with zero attached hydrogens (tertiary/aromatic N) is 4. The molecule has 1 unspecified atom stereocenters. The van der Waals surface area contributed by atoms with Crippen molar-refractivity contribution < 1.29 is 9.66 Å². The molecule has 0 aromatic heterocycles. The molecule has 0 N–H and O–H groups in total. The summed E-state index contributed by atoms with van der Waals surface area (Å²) in [6.45, 7) is 6.18. The molecule has 128 valence electrons. The third-order valence-electron chi connectivity index (χ3n) is 4.78. The van der Waals surface area contributed by atoms with Crippen LogP contribution in [0.5, 0.6) is 0 Å². The Morgan fingerprint density at radius 1 is 1.33 bits per heavy atom. The number of morpholine rings is 1. The van der Waals surface area contributed by atoms with Crippen molar-refractivity contribution in [3.63, 3.8) is 0 Å². The second kappa shape index (κ2) is 7.60. The van der Waals surface area contributed by atoms with Crippen LogP contribution in [-0.2, 0) is 4.74 Å². The van der Waals surface area contributed by atoms with Crippen LogP contribution < -0.4 is 4.90 Å². The molecule has 2 fully saturated rings. The predicted molar refractivity (Wildman–Crippen MR) is 90.0 cm³/mol. The summed E-state index contributed by atoms with van der Waals surface area (Å²) in [5.74, 6) is 0.507. The highest BCUT2D eigenvalue weighted by Crippen LogP contribution is 2.32. The van der Waals surface area contributed by atoms with Gasteiger partial charge in [0.2, 0.25) is 0 Å². The van der Waals surface area contributed by atoms with E-state index in [2.05, 4.69) is 9.80 Å². The van der Waals surface area contributed by atoms with E-state index in [0.29, 0.717) is 17.2 Å². The number of hydrogen-bond acceptors (Lipinski definition) is 6. The number of anilines is 1. The second-order valence-corrected chi connectivity index (χ2v) is 6.44. The van der Waals surface area contributed by atoms with Crippen LogP contribution in [0.25, 0.3) is 0 Å². The first kappa shape index (κ1) is 16.7. The van der Waals surface area contributed by atoms with Crippen molar-refractivity contribution in [1.29, 1.82) is 5.26 Å². The molecule has 0 aliphatic carbocycles. The zero-order chi connectivity index (χ0) is 16.9. The van der Waals surface area contributed by atoms with Crippen LogP contribution in [0.15, 0.2) is 18.2 Å². The Kier molecular flexibility index (Phi) is 5.28. The monoisotopic (exact) mass is 330 g/mol. The molecule has 0 bridgehead atoms. The van der Waals surface area contributed by atoms with E-state index in [0.717, 1.165) is 58.8 Å². The Labute approximate surface area is 141 Å². The molecule has 2 aliphatic rings. The smallest absolute Gasteiger partial charge is 0.293 e. The van der Waals surface area contributed by atoms with Crippen LogP contribution in [-0.4, -0.2) is 55.8 Å². The molecule has 0 amide bonds. The quantitative estimate of drug-likeness (QED) is 0.620. The molecule has 7 nitrogen and oxygen atoms in total. The summed E-state index contributed by atoms with van der Waals surface area (Å²) in [5, 5.41) is 20.3. The van der Waals surface area contributed by atoms with Gasteiger partial charge in [-0.3, -0.25) is 15.0 Å². The minimum absolute atomic E-state index is 0.0288. The molecule has 7 heteroatoms. The number of ether oxygens (including phenoxy) is 1. The molecule has 2 aliphatic heterocycles. The normalized spacial score (nSPS) is 22.1. The Balaban J connectivity index is 1.72. The lowest BCUT2D eigenvalue weighted by molar-refractivity contribution is -0.384. The van der Waals surface area contributed by atoms with Gasteiger partial charge in [0.15, 0.2) is 0 Å². The topological polar surface area (TPSA) is 82.6 Å². The summed E-state index contributed by atoms with van der Waals surface area (Å²) >= 11 is 0. The van der Waals surface area contributed by atoms with Gasteiger partial charge in [0.05, 0.1) is 29.8 Å². The van der Waals surface area contributed by atoms with Gasteiger partial charge >= 0.3 is 0 Å². The molecular formula is C17H22N4O3. The minimum atomic E-state index is -0.387. The molecule has 0 saturated carbocycles. The van der Waals surface area contributed by atoms with Crippen molar-refractivity contribution in [3.05, 3.63) is 33.9 Å². The van der Waals surface area contributed by atoms with E-state index in [4.69, 9.17) is 10.00 Å². The number of nitriles is 1. The van der Waals surface area contributed by atoms with Crippen LogP contribution in [0.2, 0.25) is 0 Å². The van der Waals surface area contributed by atoms with Gasteiger partial charge in [-0.15, -0.1) is 0 Å². The van der Waals surface area contributed by atoms with Crippen molar-refractivity contribution in [1.82, 2.24) is 4.90 Å². The van der Waals surface area contributed by atoms with Crippen LogP contribution in [0.3, 0.4) is 0 Å². The SMILES string of the molecule is N#Cc1ccc(N2CCCC(CN3CCOCC3)C2)c([N+](=O)[O-])c1. The largest absolute Gasteiger partial charge is 0.379 e. The van der Waals surface area contributed by atoms with Gasteiger partial charge in [-0.1, -0.05) is 0 Å². The fourth-order valence-corrected chi connectivity index (χ4v) is 3.59. The number of nitro groups is 1. The van der Waals surface area contributed by atoms with Crippen molar-refractivity contribution in [3.8, 4) is 6.07 Å². The summed E-state index contributed by atoms with van der Waals surface area (Å²) in [6, 6.07) is 6.73. The molecule has 1 atom stereocenters. The molecule has 1 aromatic carbocycles. The Hall–Kier alpha value is -2.17. The first-order valence-corrected chi connectivity index (χ1v) is 8.41. The lowest BCUT2D eigenvalue weighted by Crippen LogP contribution is -2.44. The zero-order valence-electron chi connectivity index (χ0n) is 13.7. The van der Waals surface area contributed by atoms with E-state index < -0.39 is 0 Å². The zero-order valence-corrected chi connectivity index (χ0v) is 13.7. The molecular weight excluding hydrogens is 308 g/mol. The van der Waals surface area contributed by atoms with Crippen LogP contribution >= 0.6 is 0 Å². The maximum atomic E-state index is 11.4. The number of benzene rings is 1. The predicted octanol–water partition coefficient (Wildman–Crippen LogP) is 2.02. The van der Waals surface area contributed by atoms with Gasteiger partial charge in [-0.2, -0.15) is 5.26 Å². The van der Waals surface area contributed by atoms with Crippen LogP contribution in [0, 0.1) is 27.4 Å². The Morgan fingerprint density at radius 3 is 2.83 bits per heavy atom. The van der Waals surface area contributed by atoms with E-state index in [1.807, 2.05) is 6.07 Å². The standard InChI is InChI=1S/C17H22N4O3/c18-11-14-3-4-16(17(10-14)21(22)23)20-5-1-2-15(13-20)12-19-6-8-24-9-7-19/h3-4,10,15H,1-2,5-9,12-13H2. The summed E-state index contributed by atoms with van der Waals surface area (Å²) in [6.07, 6.45) is 2.18. The fraction of sp³-hybridized carbons (Fsp3) is 0.588. The Bertz CT molecular complexity index is 637. The summed E-state index contributed by atoms with van der Waals surface area (Å²) in [5.41, 5.74) is 0.985. The van der Waals surface area contributed by atoms with E-state index >= 15 is 0 Å². The van der Waals surface area contributed by atoms with Crippen molar-refractivity contribution in [2.45, 2.75) is 12.8 Å². The highest BCUT2D eigenvalue weighted by atomic mass is 16.6. The first-order chi connectivity index (χ1) is 11.7. The summed E-state index contributed by atoms with van der Waals surface area (Å²) < 4.78 is 5.39. The number of nitro benzene ring substituents is 1. The molecule has 2 saturated heterocycles. The van der Waals surface area contributed by atoms with Crippen LogP contribution in [0.1, 0.15) is 18.4 Å². The number of rotatable bonds is 4. The average Bonchev–Trinajstić information content (AvgIpc) is 2.62. The van der Waals surface area contributed by atoms with Crippen LogP contribution in [0.4, 0.5) is 11.4 Å². The third kappa shape index (κ3) is 3.83. The lowest BCUT2D eigenvalue weighted by Gasteiger charge is -2.37. The van der Waals surface area contributed by atoms with Gasteiger partial charge in [-0.25, -0.2) is 0 Å². The first-order valence-electron chi connectivity index (χ1n) is 8.41. The third-order valence-corrected chi connectivity index (χ3v) is 4.78. The van der Waals surface area contributed by atoms with Crippen molar-refractivity contribution in [2.24, 2.45) is 5.92 Å². The van der Waals surface area contributed by atoms with Gasteiger partial charge in [-0.05, 0) is 30.9 Å². The molecule has 0 radical (unpaired) electrons. The van der Waals surface area contributed by atoms with E-state index in [1.165, 1.54) is 6.07 Å². The highest BCUT2D eigenvalue weighted by molar-refractivity contribution is 5.65. The lowest BCUT2D eigenvalue weighted by atomic mass is 9.96. The number of piperidine rings is 1. The van der Waals surface area contributed by atoms with E-state index in [9.17, 15) is 10.1 Å². The molecule has 3 rings (SSSR count). The molecule has 0 spiro atoms. The van der Waals surface area contributed by atoms with E-state index in [1.54, 1.807) is 12.1 Å². The van der Waals surface area contributed by atoms with Gasteiger partial charge in [0.25, 0.3) is 5.69 Å². The molecule has 1 aromatic rings. The van der Waals surface area contributed by atoms with Gasteiger partial charge in [0.1, 0.15) is 5.69 Å². The van der Waals surface area contributed by atoms with Crippen molar-refractivity contribution >= 4 is 11.4 Å². The molecule has 2 heterocycles. The maximum absolute atomic E-state index is 11.4. The van der Waals surface area contributed by atoms with Gasteiger partial charge < -0.3 is 9.64 Å². The fourth-order valence-electron chi connectivity index (χ4n) is 3.59. The summed E-state index contributed by atoms with van der Waals surface area (Å²) in [7, 11) is 0. The highest BCUT2D eigenvalue weighted by Gasteiger charge is 2.27. The maximum Gasteiger partial charge on any atom is 0.293 e. The average molecular weight is 330 g/mol. The second-order valence-electron chi connectivity index (χ2n) is 6.44.